The molecule has 2 rings (SSSR count). The van der Waals surface area contributed by atoms with Gasteiger partial charge in [0.25, 0.3) is 0 Å². The molecule has 0 radical (unpaired) electrons. The number of hydrogen-bond donors (Lipinski definition) is 1. The Morgan fingerprint density at radius 1 is 1.31 bits per heavy atom. The lowest BCUT2D eigenvalue weighted by molar-refractivity contribution is -0.138. The lowest BCUT2D eigenvalue weighted by atomic mass is 9.96. The van der Waals surface area contributed by atoms with Crippen LogP contribution in [0.25, 0.3) is 0 Å². The first kappa shape index (κ1) is 22.9. The summed E-state index contributed by atoms with van der Waals surface area (Å²) in [7, 11) is -1.66. The highest BCUT2D eigenvalue weighted by Gasteiger charge is 2.32. The summed E-state index contributed by atoms with van der Waals surface area (Å²) in [5.74, 6) is 1.95. The van der Waals surface area contributed by atoms with Crippen molar-refractivity contribution in [3.8, 4) is 12.3 Å². The Hall–Kier alpha value is -2.37. The standard InChI is InChI=1S/C21H29N3O4S/c1-4-6-14-29(27,28)24-12-10-18(11-13-24)21(26)23(3)16-20(25)22-19-9-7-8-17(5-2)15-19/h2,7-9,15,18H,4,6,10-14,16H2,1,3H3,(H,22,25). The van der Waals surface area contributed by atoms with Gasteiger partial charge in [-0.15, -0.1) is 6.42 Å². The number of nitrogens with one attached hydrogen (secondary N) is 1. The lowest BCUT2D eigenvalue weighted by Crippen LogP contribution is -2.45. The Morgan fingerprint density at radius 3 is 2.62 bits per heavy atom. The largest absolute Gasteiger partial charge is 0.336 e. The van der Waals surface area contributed by atoms with Crippen molar-refractivity contribution in [3.63, 3.8) is 0 Å². The van der Waals surface area contributed by atoms with Crippen molar-refractivity contribution in [2.45, 2.75) is 32.6 Å². The van der Waals surface area contributed by atoms with Gasteiger partial charge in [0.1, 0.15) is 0 Å². The number of carbonyl (C=O) groups excluding carboxylic acids is 2. The second-order valence-corrected chi connectivity index (χ2v) is 9.40. The zero-order valence-corrected chi connectivity index (χ0v) is 17.9. The summed E-state index contributed by atoms with van der Waals surface area (Å²) >= 11 is 0. The van der Waals surface area contributed by atoms with Gasteiger partial charge in [0.15, 0.2) is 0 Å². The Bertz CT molecular complexity index is 868. The predicted octanol–water partition coefficient (Wildman–Crippen LogP) is 1.91. The van der Waals surface area contributed by atoms with Gasteiger partial charge >= 0.3 is 0 Å². The molecule has 29 heavy (non-hydrogen) atoms. The summed E-state index contributed by atoms with van der Waals surface area (Å²) in [5.41, 5.74) is 1.24. The minimum Gasteiger partial charge on any atom is -0.336 e. The molecule has 1 fully saturated rings. The first-order valence-corrected chi connectivity index (χ1v) is 11.5. The molecule has 1 aromatic rings. The number of amides is 2. The molecule has 0 bridgehead atoms. The molecule has 1 aliphatic heterocycles. The molecule has 7 nitrogen and oxygen atoms in total. The topological polar surface area (TPSA) is 86.8 Å². The number of hydrogen-bond acceptors (Lipinski definition) is 4. The molecule has 2 amide bonds. The second kappa shape index (κ2) is 10.4. The molecular formula is C21H29N3O4S. The van der Waals surface area contributed by atoms with Gasteiger partial charge < -0.3 is 10.2 Å². The van der Waals surface area contributed by atoms with E-state index in [-0.39, 0.29) is 30.0 Å². The number of rotatable bonds is 8. The van der Waals surface area contributed by atoms with Crippen LogP contribution in [0.15, 0.2) is 24.3 Å². The fourth-order valence-electron chi connectivity index (χ4n) is 3.33. The van der Waals surface area contributed by atoms with Gasteiger partial charge in [0.2, 0.25) is 21.8 Å². The highest BCUT2D eigenvalue weighted by atomic mass is 32.2. The van der Waals surface area contributed by atoms with Crippen LogP contribution in [0.2, 0.25) is 0 Å². The van der Waals surface area contributed by atoms with Gasteiger partial charge in [0.05, 0.1) is 12.3 Å². The maximum absolute atomic E-state index is 12.7. The smallest absolute Gasteiger partial charge is 0.243 e. The third-order valence-corrected chi connectivity index (χ3v) is 6.98. The molecule has 0 spiro atoms. The van der Waals surface area contributed by atoms with Crippen LogP contribution >= 0.6 is 0 Å². The average molecular weight is 420 g/mol. The average Bonchev–Trinajstić information content (AvgIpc) is 2.71. The summed E-state index contributed by atoms with van der Waals surface area (Å²) in [6.45, 7) is 2.58. The van der Waals surface area contributed by atoms with Crippen LogP contribution in [0, 0.1) is 18.3 Å². The van der Waals surface area contributed by atoms with Crippen LogP contribution in [0.4, 0.5) is 5.69 Å². The van der Waals surface area contributed by atoms with Crippen LogP contribution in [-0.2, 0) is 19.6 Å². The molecule has 1 saturated heterocycles. The number of unbranched alkanes of at least 4 members (excludes halogenated alkanes) is 1. The third kappa shape index (κ3) is 6.58. The number of benzene rings is 1. The molecule has 0 aliphatic carbocycles. The Labute approximate surface area is 173 Å². The van der Waals surface area contributed by atoms with Crippen LogP contribution in [0.1, 0.15) is 38.2 Å². The number of piperidine rings is 1. The van der Waals surface area contributed by atoms with Gasteiger partial charge in [-0.05, 0) is 37.5 Å². The van der Waals surface area contributed by atoms with E-state index < -0.39 is 10.0 Å². The number of anilines is 1. The maximum atomic E-state index is 12.7. The van der Waals surface area contributed by atoms with E-state index in [0.29, 0.717) is 43.6 Å². The Morgan fingerprint density at radius 2 is 2.00 bits per heavy atom. The van der Waals surface area contributed by atoms with E-state index in [9.17, 15) is 18.0 Å². The Kier molecular flexibility index (Phi) is 8.23. The quantitative estimate of drug-likeness (QED) is 0.652. The fourth-order valence-corrected chi connectivity index (χ4v) is 5.01. The fraction of sp³-hybridized carbons (Fsp3) is 0.524. The van der Waals surface area contributed by atoms with E-state index in [2.05, 4.69) is 11.2 Å². The first-order valence-electron chi connectivity index (χ1n) is 9.86. The normalized spacial score (nSPS) is 15.5. The summed E-state index contributed by atoms with van der Waals surface area (Å²) in [5, 5.41) is 2.74. The van der Waals surface area contributed by atoms with Gasteiger partial charge in [-0.1, -0.05) is 25.3 Å². The molecule has 0 atom stereocenters. The van der Waals surface area contributed by atoms with Gasteiger partial charge in [0, 0.05) is 37.3 Å². The number of likely N-dealkylation sites (N-methyl/N-ethyl adjacent to an activating group) is 1. The molecular weight excluding hydrogens is 390 g/mol. The van der Waals surface area contributed by atoms with Crippen molar-refractivity contribution in [1.82, 2.24) is 9.21 Å². The van der Waals surface area contributed by atoms with E-state index in [1.54, 1.807) is 31.3 Å². The van der Waals surface area contributed by atoms with Gasteiger partial charge in [-0.2, -0.15) is 0 Å². The minimum atomic E-state index is -3.24. The molecule has 1 N–H and O–H groups in total. The van der Waals surface area contributed by atoms with Crippen molar-refractivity contribution in [2.75, 3.05) is 37.8 Å². The van der Waals surface area contributed by atoms with E-state index in [1.807, 2.05) is 6.92 Å². The summed E-state index contributed by atoms with van der Waals surface area (Å²) < 4.78 is 26.1. The summed E-state index contributed by atoms with van der Waals surface area (Å²) in [6, 6.07) is 6.94. The van der Waals surface area contributed by atoms with E-state index in [0.717, 1.165) is 6.42 Å². The van der Waals surface area contributed by atoms with E-state index >= 15 is 0 Å². The van der Waals surface area contributed by atoms with Crippen LogP contribution in [0.3, 0.4) is 0 Å². The number of sulfonamides is 1. The van der Waals surface area contributed by atoms with Crippen molar-refractivity contribution in [2.24, 2.45) is 5.92 Å². The molecule has 1 aromatic carbocycles. The number of carbonyl (C=O) groups is 2. The van der Waals surface area contributed by atoms with Crippen LogP contribution in [-0.4, -0.2) is 61.9 Å². The van der Waals surface area contributed by atoms with E-state index in [4.69, 9.17) is 6.42 Å². The minimum absolute atomic E-state index is 0.0753. The summed E-state index contributed by atoms with van der Waals surface area (Å²) in [6.07, 6.45) is 7.77. The van der Waals surface area contributed by atoms with Gasteiger partial charge in [-0.3, -0.25) is 9.59 Å². The first-order chi connectivity index (χ1) is 13.8. The number of nitrogens with zero attached hydrogens (tertiary/aromatic N) is 2. The van der Waals surface area contributed by atoms with Crippen LogP contribution < -0.4 is 5.32 Å². The third-order valence-electron chi connectivity index (χ3n) is 5.02. The SMILES string of the molecule is C#Cc1cccc(NC(=O)CN(C)C(=O)C2CCN(S(=O)(=O)CCCC)CC2)c1. The van der Waals surface area contributed by atoms with Crippen molar-refractivity contribution in [3.05, 3.63) is 29.8 Å². The predicted molar refractivity (Wildman–Crippen MR) is 114 cm³/mol. The molecule has 1 heterocycles. The highest BCUT2D eigenvalue weighted by molar-refractivity contribution is 7.89. The molecule has 0 unspecified atom stereocenters. The molecule has 0 aromatic heterocycles. The zero-order valence-electron chi connectivity index (χ0n) is 17.1. The molecule has 158 valence electrons. The maximum Gasteiger partial charge on any atom is 0.243 e. The van der Waals surface area contributed by atoms with Crippen molar-refractivity contribution in [1.29, 1.82) is 0 Å². The highest BCUT2D eigenvalue weighted by Crippen LogP contribution is 2.22. The van der Waals surface area contributed by atoms with E-state index in [1.165, 1.54) is 9.21 Å². The number of terminal acetylenes is 1. The molecule has 8 heteroatoms. The monoisotopic (exact) mass is 419 g/mol. The van der Waals surface area contributed by atoms with Crippen LogP contribution in [0.5, 0.6) is 0 Å². The lowest BCUT2D eigenvalue weighted by Gasteiger charge is -2.32. The molecule has 1 aliphatic rings. The van der Waals surface area contributed by atoms with Gasteiger partial charge in [-0.25, -0.2) is 12.7 Å². The van der Waals surface area contributed by atoms with Crippen molar-refractivity contribution < 1.29 is 18.0 Å². The Balaban J connectivity index is 1.84. The molecule has 0 saturated carbocycles. The zero-order chi connectivity index (χ0) is 21.4. The summed E-state index contributed by atoms with van der Waals surface area (Å²) in [4.78, 5) is 26.3. The second-order valence-electron chi connectivity index (χ2n) is 7.31. The van der Waals surface area contributed by atoms with Crippen molar-refractivity contribution >= 4 is 27.5 Å².